The van der Waals surface area contributed by atoms with Crippen molar-refractivity contribution in [3.05, 3.63) is 35.9 Å². The molecule has 0 saturated carbocycles. The van der Waals surface area contributed by atoms with E-state index in [1.54, 1.807) is 0 Å². The van der Waals surface area contributed by atoms with Gasteiger partial charge in [-0.1, -0.05) is 30.3 Å². The van der Waals surface area contributed by atoms with Crippen molar-refractivity contribution < 1.29 is 51.3 Å². The van der Waals surface area contributed by atoms with Crippen molar-refractivity contribution in [2.24, 2.45) is 0 Å². The van der Waals surface area contributed by atoms with Gasteiger partial charge in [-0.15, -0.1) is 0 Å². The second kappa shape index (κ2) is 7.55. The summed E-state index contributed by atoms with van der Waals surface area (Å²) in [7, 11) is -5.53. The molecule has 0 amide bonds. The molecule has 0 bridgehead atoms. The number of alkyl halides is 2. The Morgan fingerprint density at radius 3 is 2.17 bits per heavy atom. The first-order valence-corrected chi connectivity index (χ1v) is 6.61. The van der Waals surface area contributed by atoms with Crippen LogP contribution in [0.5, 0.6) is 0 Å². The smallest absolute Gasteiger partial charge is 0.743 e. The third-order valence-electron chi connectivity index (χ3n) is 2.39. The number of benzene rings is 1. The third-order valence-corrected chi connectivity index (χ3v) is 3.33. The molecule has 7 heteroatoms. The molecule has 0 unspecified atom stereocenters. The van der Waals surface area contributed by atoms with Crippen LogP contribution in [0.2, 0.25) is 0 Å². The van der Waals surface area contributed by atoms with Gasteiger partial charge in [-0.3, -0.25) is 0 Å². The van der Waals surface area contributed by atoms with Crippen molar-refractivity contribution in [2.45, 2.75) is 30.9 Å². The zero-order valence-electron chi connectivity index (χ0n) is 10.1. The Labute approximate surface area is 128 Å². The zero-order chi connectivity index (χ0) is 12.9. The van der Waals surface area contributed by atoms with Gasteiger partial charge in [0.25, 0.3) is 0 Å². The average Bonchev–Trinajstić information content (AvgIpc) is 2.24. The van der Waals surface area contributed by atoms with Gasteiger partial charge in [0.15, 0.2) is 10.1 Å². The molecule has 1 aromatic carbocycles. The van der Waals surface area contributed by atoms with Crippen LogP contribution in [-0.4, -0.2) is 18.2 Å². The maximum Gasteiger partial charge on any atom is 1.00 e. The fraction of sp³-hybridized carbons (Fsp3) is 0.455. The van der Waals surface area contributed by atoms with Crippen molar-refractivity contribution in [1.82, 2.24) is 0 Å². The summed E-state index contributed by atoms with van der Waals surface area (Å²) in [5.41, 5.74) is 1.00. The average molecular weight is 286 g/mol. The molecule has 0 aliphatic rings. The maximum absolute atomic E-state index is 12.8. The standard InChI is InChI=1S/C11H14F2O3S.Na/c12-11(13,17(14,15)16)9-5-4-8-10-6-2-1-3-7-10;/h1-3,6-7H,4-5,8-9H2,(H,14,15,16);/q;+1/p-1. The fourth-order valence-corrected chi connectivity index (χ4v) is 1.82. The molecule has 0 heterocycles. The second-order valence-electron chi connectivity index (χ2n) is 3.78. The van der Waals surface area contributed by atoms with Gasteiger partial charge in [-0.2, -0.15) is 8.78 Å². The normalized spacial score (nSPS) is 11.9. The molecule has 0 aromatic heterocycles. The van der Waals surface area contributed by atoms with E-state index in [-0.39, 0.29) is 36.0 Å². The first kappa shape index (κ1) is 18.0. The van der Waals surface area contributed by atoms with Crippen LogP contribution in [0.1, 0.15) is 24.8 Å². The van der Waals surface area contributed by atoms with Crippen molar-refractivity contribution in [3.63, 3.8) is 0 Å². The van der Waals surface area contributed by atoms with E-state index in [2.05, 4.69) is 0 Å². The molecule has 1 aromatic rings. The van der Waals surface area contributed by atoms with Crippen LogP contribution in [0.4, 0.5) is 8.78 Å². The SMILES string of the molecule is O=S(=O)([O-])C(F)(F)CCCCc1ccccc1.[Na+]. The van der Waals surface area contributed by atoms with Gasteiger partial charge in [-0.25, -0.2) is 8.42 Å². The van der Waals surface area contributed by atoms with Crippen LogP contribution in [-0.2, 0) is 16.5 Å². The molecule has 3 nitrogen and oxygen atoms in total. The van der Waals surface area contributed by atoms with Gasteiger partial charge in [-0.05, 0) is 24.8 Å². The molecule has 0 fully saturated rings. The molecule has 0 aliphatic carbocycles. The summed E-state index contributed by atoms with van der Waals surface area (Å²) in [6, 6.07) is 9.25. The summed E-state index contributed by atoms with van der Waals surface area (Å²) >= 11 is 0. The number of halogens is 2. The monoisotopic (exact) mass is 286 g/mol. The van der Waals surface area contributed by atoms with E-state index in [0.717, 1.165) is 5.56 Å². The molecule has 0 saturated heterocycles. The predicted molar refractivity (Wildman–Crippen MR) is 58.6 cm³/mol. The molecule has 0 spiro atoms. The molecule has 0 aliphatic heterocycles. The van der Waals surface area contributed by atoms with Crippen molar-refractivity contribution in [1.29, 1.82) is 0 Å². The molecule has 0 radical (unpaired) electrons. The quantitative estimate of drug-likeness (QED) is 0.404. The van der Waals surface area contributed by atoms with Gasteiger partial charge >= 0.3 is 34.8 Å². The molecular formula is C11H13F2NaO3S. The van der Waals surface area contributed by atoms with Crippen LogP contribution in [0, 0.1) is 0 Å². The minimum atomic E-state index is -5.53. The third kappa shape index (κ3) is 5.75. The number of hydrogen-bond donors (Lipinski definition) is 0. The van der Waals surface area contributed by atoms with Gasteiger partial charge in [0.2, 0.25) is 0 Å². The summed E-state index contributed by atoms with van der Waals surface area (Å²) in [6.45, 7) is 0. The summed E-state index contributed by atoms with van der Waals surface area (Å²) in [5.74, 6) is 0. The molecule has 96 valence electrons. The van der Waals surface area contributed by atoms with Crippen LogP contribution in [0.15, 0.2) is 30.3 Å². The minimum Gasteiger partial charge on any atom is -0.743 e. The Kier molecular flexibility index (Phi) is 7.54. The number of hydrogen-bond acceptors (Lipinski definition) is 3. The van der Waals surface area contributed by atoms with E-state index in [4.69, 9.17) is 0 Å². The topological polar surface area (TPSA) is 57.2 Å². The van der Waals surface area contributed by atoms with E-state index in [1.807, 2.05) is 30.3 Å². The Hall–Kier alpha value is -0.0100. The van der Waals surface area contributed by atoms with Gasteiger partial charge in [0.1, 0.15) is 0 Å². The second-order valence-corrected chi connectivity index (χ2v) is 5.29. The largest absolute Gasteiger partial charge is 1.00 e. The van der Waals surface area contributed by atoms with Crippen molar-refractivity contribution in [3.8, 4) is 0 Å². The summed E-state index contributed by atoms with van der Waals surface area (Å²) in [6.07, 6.45) is 0.111. The number of unbranched alkanes of at least 4 members (excludes halogenated alkanes) is 1. The Balaban J connectivity index is 0.00000289. The van der Waals surface area contributed by atoms with E-state index in [1.165, 1.54) is 0 Å². The first-order valence-electron chi connectivity index (χ1n) is 5.20. The Bertz CT molecular complexity index is 449. The summed E-state index contributed by atoms with van der Waals surface area (Å²) in [4.78, 5) is 0. The molecular weight excluding hydrogens is 273 g/mol. The Morgan fingerprint density at radius 2 is 1.67 bits per heavy atom. The van der Waals surface area contributed by atoms with Crippen LogP contribution in [0.3, 0.4) is 0 Å². The maximum atomic E-state index is 12.8. The van der Waals surface area contributed by atoms with Crippen molar-refractivity contribution in [2.75, 3.05) is 0 Å². The summed E-state index contributed by atoms with van der Waals surface area (Å²) < 4.78 is 56.1. The predicted octanol–water partition coefficient (Wildman–Crippen LogP) is -0.459. The van der Waals surface area contributed by atoms with Crippen LogP contribution >= 0.6 is 0 Å². The molecule has 0 atom stereocenters. The fourth-order valence-electron chi connectivity index (χ4n) is 1.43. The summed E-state index contributed by atoms with van der Waals surface area (Å²) in [5, 5.41) is -4.15. The molecule has 1 rings (SSSR count). The van der Waals surface area contributed by atoms with Crippen LogP contribution < -0.4 is 29.6 Å². The number of rotatable bonds is 6. The van der Waals surface area contributed by atoms with Crippen molar-refractivity contribution >= 4 is 10.1 Å². The molecule has 18 heavy (non-hydrogen) atoms. The van der Waals surface area contributed by atoms with E-state index >= 15 is 0 Å². The van der Waals surface area contributed by atoms with E-state index < -0.39 is 21.8 Å². The van der Waals surface area contributed by atoms with Crippen LogP contribution in [0.25, 0.3) is 0 Å². The first-order chi connectivity index (χ1) is 7.83. The van der Waals surface area contributed by atoms with Gasteiger partial charge in [0, 0.05) is 6.42 Å². The van der Waals surface area contributed by atoms with E-state index in [0.29, 0.717) is 12.8 Å². The van der Waals surface area contributed by atoms with Gasteiger partial charge in [0.05, 0.1) is 0 Å². The molecule has 0 N–H and O–H groups in total. The minimum absolute atomic E-state index is 0. The van der Waals surface area contributed by atoms with E-state index in [9.17, 15) is 21.8 Å². The Morgan fingerprint density at radius 1 is 1.11 bits per heavy atom. The zero-order valence-corrected chi connectivity index (χ0v) is 12.9. The van der Waals surface area contributed by atoms with Gasteiger partial charge < -0.3 is 4.55 Å². The number of aryl methyl sites for hydroxylation is 1.